The van der Waals surface area contributed by atoms with Gasteiger partial charge in [0, 0.05) is 25.7 Å². The Balaban J connectivity index is 1.50. The van der Waals surface area contributed by atoms with Gasteiger partial charge in [0.2, 0.25) is 11.8 Å². The molecule has 1 atom stereocenters. The number of amides is 2. The lowest BCUT2D eigenvalue weighted by molar-refractivity contribution is -0.143. The van der Waals surface area contributed by atoms with Crippen molar-refractivity contribution in [1.82, 2.24) is 25.2 Å². The van der Waals surface area contributed by atoms with Crippen molar-refractivity contribution in [2.45, 2.75) is 38.8 Å². The zero-order chi connectivity index (χ0) is 23.4. The van der Waals surface area contributed by atoms with E-state index >= 15 is 0 Å². The van der Waals surface area contributed by atoms with Crippen LogP contribution in [-0.2, 0) is 22.6 Å². The van der Waals surface area contributed by atoms with Crippen LogP contribution < -0.4 is 10.1 Å². The van der Waals surface area contributed by atoms with Crippen LogP contribution in [0.4, 0.5) is 0 Å². The second kappa shape index (κ2) is 9.85. The largest absolute Gasteiger partial charge is 0.497 e. The summed E-state index contributed by atoms with van der Waals surface area (Å²) in [5.41, 5.74) is 3.94. The van der Waals surface area contributed by atoms with Crippen LogP contribution >= 0.6 is 0 Å². The molecule has 33 heavy (non-hydrogen) atoms. The van der Waals surface area contributed by atoms with Crippen molar-refractivity contribution in [2.24, 2.45) is 0 Å². The number of ether oxygens (including phenoxy) is 1. The molecular weight excluding hydrogens is 418 g/mol. The normalized spacial score (nSPS) is 16.1. The lowest BCUT2D eigenvalue weighted by atomic mass is 9.97. The molecule has 0 bridgehead atoms. The number of piperazine rings is 1. The van der Waals surface area contributed by atoms with Crippen molar-refractivity contribution >= 4 is 11.8 Å². The molecular formula is C25H29N5O3. The molecule has 1 aliphatic heterocycles. The van der Waals surface area contributed by atoms with Gasteiger partial charge in [0.25, 0.3) is 0 Å². The number of nitrogens with zero attached hydrogens (tertiary/aromatic N) is 4. The smallest absolute Gasteiger partial charge is 0.245 e. The first-order chi connectivity index (χ1) is 15.9. The second-order valence-electron chi connectivity index (χ2n) is 8.52. The van der Waals surface area contributed by atoms with Crippen LogP contribution in [0.1, 0.15) is 31.0 Å². The van der Waals surface area contributed by atoms with E-state index in [1.54, 1.807) is 22.9 Å². The number of carbonyl (C=O) groups is 2. The van der Waals surface area contributed by atoms with Gasteiger partial charge in [-0.05, 0) is 34.7 Å². The fraction of sp³-hybridized carbons (Fsp3) is 0.360. The maximum absolute atomic E-state index is 13.1. The molecule has 3 aromatic rings. The molecule has 1 fully saturated rings. The number of hydrogen-bond donors (Lipinski definition) is 1. The maximum atomic E-state index is 13.1. The minimum Gasteiger partial charge on any atom is -0.497 e. The molecule has 1 aromatic heterocycles. The van der Waals surface area contributed by atoms with E-state index in [0.29, 0.717) is 19.5 Å². The molecule has 0 spiro atoms. The van der Waals surface area contributed by atoms with Crippen LogP contribution in [0.15, 0.2) is 54.7 Å². The van der Waals surface area contributed by atoms with Crippen LogP contribution in [0, 0.1) is 0 Å². The molecule has 1 aliphatic rings. The highest BCUT2D eigenvalue weighted by Gasteiger charge is 2.33. The number of methoxy groups -OCH3 is 1. The lowest BCUT2D eigenvalue weighted by Gasteiger charge is -2.35. The van der Waals surface area contributed by atoms with E-state index in [1.165, 1.54) is 0 Å². The van der Waals surface area contributed by atoms with E-state index in [-0.39, 0.29) is 24.3 Å². The topological polar surface area (TPSA) is 89.4 Å². The fourth-order valence-corrected chi connectivity index (χ4v) is 3.99. The summed E-state index contributed by atoms with van der Waals surface area (Å²) < 4.78 is 6.79. The van der Waals surface area contributed by atoms with Crippen LogP contribution in [-0.4, -0.2) is 57.9 Å². The highest BCUT2D eigenvalue weighted by molar-refractivity contribution is 5.89. The molecule has 0 radical (unpaired) electrons. The van der Waals surface area contributed by atoms with Crippen molar-refractivity contribution in [2.75, 3.05) is 20.2 Å². The highest BCUT2D eigenvalue weighted by atomic mass is 16.5. The van der Waals surface area contributed by atoms with Gasteiger partial charge in [-0.15, -0.1) is 5.10 Å². The zero-order valence-electron chi connectivity index (χ0n) is 19.2. The predicted octanol–water partition coefficient (Wildman–Crippen LogP) is 2.65. The Bertz CT molecular complexity index is 1120. The van der Waals surface area contributed by atoms with Gasteiger partial charge in [-0.1, -0.05) is 55.5 Å². The van der Waals surface area contributed by atoms with Crippen LogP contribution in [0.2, 0.25) is 0 Å². The van der Waals surface area contributed by atoms with Gasteiger partial charge >= 0.3 is 0 Å². The van der Waals surface area contributed by atoms with Crippen molar-refractivity contribution < 1.29 is 14.3 Å². The Hall–Kier alpha value is -3.68. The quantitative estimate of drug-likeness (QED) is 0.602. The molecule has 2 amide bonds. The second-order valence-corrected chi connectivity index (χ2v) is 8.52. The third-order valence-electron chi connectivity index (χ3n) is 5.88. The molecule has 2 aromatic carbocycles. The van der Waals surface area contributed by atoms with Gasteiger partial charge in [-0.3, -0.25) is 9.59 Å². The molecule has 0 saturated carbocycles. The summed E-state index contributed by atoms with van der Waals surface area (Å²) in [6, 6.07) is 15.4. The average molecular weight is 448 g/mol. The molecule has 172 valence electrons. The fourth-order valence-electron chi connectivity index (χ4n) is 3.99. The molecule has 0 unspecified atom stereocenters. The van der Waals surface area contributed by atoms with Crippen molar-refractivity contribution in [3.63, 3.8) is 0 Å². The molecule has 8 heteroatoms. The standard InChI is InChI=1S/C25H29N5O3/c1-17(2)22-15-29(28-27-22)16-24(31)30-12-11-26-25(32)23(30)14-18-5-4-6-20(13-18)19-7-9-21(33-3)10-8-19/h4-10,13,15,17,23H,11-12,14,16H2,1-3H3,(H,26,32)/t23-/m1/s1. The molecule has 0 aliphatic carbocycles. The van der Waals surface area contributed by atoms with Crippen LogP contribution in [0.3, 0.4) is 0 Å². The third-order valence-corrected chi connectivity index (χ3v) is 5.88. The Labute approximate surface area is 193 Å². The van der Waals surface area contributed by atoms with Gasteiger partial charge in [0.15, 0.2) is 0 Å². The summed E-state index contributed by atoms with van der Waals surface area (Å²) in [5, 5.41) is 11.1. The highest BCUT2D eigenvalue weighted by Crippen LogP contribution is 2.24. The zero-order valence-corrected chi connectivity index (χ0v) is 19.2. The monoisotopic (exact) mass is 447 g/mol. The Morgan fingerprint density at radius 2 is 1.97 bits per heavy atom. The van der Waals surface area contributed by atoms with E-state index < -0.39 is 6.04 Å². The third kappa shape index (κ3) is 5.22. The van der Waals surface area contributed by atoms with Crippen molar-refractivity contribution in [3.05, 3.63) is 66.0 Å². The van der Waals surface area contributed by atoms with Crippen LogP contribution in [0.25, 0.3) is 11.1 Å². The summed E-state index contributed by atoms with van der Waals surface area (Å²) in [4.78, 5) is 27.5. The molecule has 2 heterocycles. The Morgan fingerprint density at radius 3 is 2.67 bits per heavy atom. The first-order valence-electron chi connectivity index (χ1n) is 11.1. The van der Waals surface area contributed by atoms with E-state index in [4.69, 9.17) is 4.74 Å². The van der Waals surface area contributed by atoms with Crippen LogP contribution in [0.5, 0.6) is 5.75 Å². The number of hydrogen-bond acceptors (Lipinski definition) is 5. The van der Waals surface area contributed by atoms with Gasteiger partial charge in [0.1, 0.15) is 18.3 Å². The van der Waals surface area contributed by atoms with Gasteiger partial charge < -0.3 is 15.0 Å². The number of rotatable bonds is 7. The Kier molecular flexibility index (Phi) is 6.72. The van der Waals surface area contributed by atoms with Crippen molar-refractivity contribution in [1.29, 1.82) is 0 Å². The average Bonchev–Trinajstić information content (AvgIpc) is 3.29. The molecule has 4 rings (SSSR count). The molecule has 8 nitrogen and oxygen atoms in total. The minimum atomic E-state index is -0.564. The number of aromatic nitrogens is 3. The number of carbonyl (C=O) groups excluding carboxylic acids is 2. The summed E-state index contributed by atoms with van der Waals surface area (Å²) in [5.74, 6) is 0.767. The van der Waals surface area contributed by atoms with E-state index in [0.717, 1.165) is 28.1 Å². The summed E-state index contributed by atoms with van der Waals surface area (Å²) in [7, 11) is 1.64. The molecule has 1 N–H and O–H groups in total. The summed E-state index contributed by atoms with van der Waals surface area (Å²) in [6.45, 7) is 5.04. The first kappa shape index (κ1) is 22.5. The Morgan fingerprint density at radius 1 is 1.18 bits per heavy atom. The van der Waals surface area contributed by atoms with Crippen molar-refractivity contribution in [3.8, 4) is 16.9 Å². The first-order valence-corrected chi connectivity index (χ1v) is 11.1. The van der Waals surface area contributed by atoms with E-state index in [9.17, 15) is 9.59 Å². The minimum absolute atomic E-state index is 0.0649. The summed E-state index contributed by atoms with van der Waals surface area (Å²) >= 11 is 0. The number of benzene rings is 2. The molecule has 1 saturated heterocycles. The maximum Gasteiger partial charge on any atom is 0.245 e. The van der Waals surface area contributed by atoms with Gasteiger partial charge in [0.05, 0.1) is 12.8 Å². The van der Waals surface area contributed by atoms with E-state index in [1.807, 2.05) is 56.3 Å². The SMILES string of the molecule is COc1ccc(-c2cccc(C[C@@H]3C(=O)NCCN3C(=O)Cn3cc(C(C)C)nn3)c2)cc1. The predicted molar refractivity (Wildman–Crippen MR) is 125 cm³/mol. The number of nitrogens with one attached hydrogen (secondary N) is 1. The van der Waals surface area contributed by atoms with Gasteiger partial charge in [-0.2, -0.15) is 0 Å². The lowest BCUT2D eigenvalue weighted by Crippen LogP contribution is -2.58. The van der Waals surface area contributed by atoms with Gasteiger partial charge in [-0.25, -0.2) is 4.68 Å². The van der Waals surface area contributed by atoms with E-state index in [2.05, 4.69) is 21.7 Å². The summed E-state index contributed by atoms with van der Waals surface area (Å²) in [6.07, 6.45) is 2.23.